The highest BCUT2D eigenvalue weighted by Gasteiger charge is 2.17. The van der Waals surface area contributed by atoms with Crippen molar-refractivity contribution in [3.63, 3.8) is 0 Å². The number of amides is 1. The number of carbonyl (C=O) groups excluding carboxylic acids is 1. The predicted molar refractivity (Wildman–Crippen MR) is 89.6 cm³/mol. The first-order valence-electron chi connectivity index (χ1n) is 8.01. The molecule has 1 aliphatic carbocycles. The van der Waals surface area contributed by atoms with E-state index in [0.29, 0.717) is 36.3 Å². The van der Waals surface area contributed by atoms with Gasteiger partial charge in [-0.1, -0.05) is 12.8 Å². The Bertz CT molecular complexity index is 502. The Morgan fingerprint density at radius 3 is 2.22 bits per heavy atom. The molecular weight excluding hydrogens is 296 g/mol. The first kappa shape index (κ1) is 17.2. The second-order valence-corrected chi connectivity index (χ2v) is 5.64. The van der Waals surface area contributed by atoms with Crippen LogP contribution in [0.5, 0.6) is 17.2 Å². The number of hydrogen-bond acceptors (Lipinski definition) is 5. The minimum atomic E-state index is 0.0943. The average molecular weight is 322 g/mol. The summed E-state index contributed by atoms with van der Waals surface area (Å²) in [7, 11) is 4.73. The topological polar surface area (TPSA) is 68.8 Å². The number of ether oxygens (including phenoxy) is 3. The molecule has 0 bridgehead atoms. The van der Waals surface area contributed by atoms with Crippen molar-refractivity contribution in [3.05, 3.63) is 12.1 Å². The molecule has 0 atom stereocenters. The highest BCUT2D eigenvalue weighted by Crippen LogP contribution is 2.39. The summed E-state index contributed by atoms with van der Waals surface area (Å²) in [6.45, 7) is 0.553. The number of methoxy groups -OCH3 is 3. The molecule has 1 saturated carbocycles. The third-order valence-corrected chi connectivity index (χ3v) is 4.07. The van der Waals surface area contributed by atoms with Crippen LogP contribution < -0.4 is 24.8 Å². The summed E-state index contributed by atoms with van der Waals surface area (Å²) >= 11 is 0. The zero-order valence-corrected chi connectivity index (χ0v) is 14.1. The lowest BCUT2D eigenvalue weighted by atomic mass is 10.2. The Kier molecular flexibility index (Phi) is 6.38. The van der Waals surface area contributed by atoms with Crippen molar-refractivity contribution < 1.29 is 19.0 Å². The van der Waals surface area contributed by atoms with Crippen LogP contribution in [-0.2, 0) is 4.79 Å². The molecule has 0 radical (unpaired) electrons. The second-order valence-electron chi connectivity index (χ2n) is 5.64. The smallest absolute Gasteiger partial charge is 0.221 e. The van der Waals surface area contributed by atoms with Crippen LogP contribution in [0.1, 0.15) is 32.1 Å². The van der Waals surface area contributed by atoms with Gasteiger partial charge in [0.1, 0.15) is 0 Å². The van der Waals surface area contributed by atoms with Gasteiger partial charge in [-0.15, -0.1) is 0 Å². The molecule has 128 valence electrons. The average Bonchev–Trinajstić information content (AvgIpc) is 3.06. The zero-order chi connectivity index (χ0) is 16.7. The van der Waals surface area contributed by atoms with E-state index in [-0.39, 0.29) is 5.91 Å². The maximum Gasteiger partial charge on any atom is 0.221 e. The van der Waals surface area contributed by atoms with E-state index in [0.717, 1.165) is 18.5 Å². The van der Waals surface area contributed by atoms with Gasteiger partial charge >= 0.3 is 0 Å². The van der Waals surface area contributed by atoms with Crippen molar-refractivity contribution in [2.45, 2.75) is 38.1 Å². The van der Waals surface area contributed by atoms with Gasteiger partial charge in [0, 0.05) is 36.8 Å². The molecule has 2 rings (SSSR count). The van der Waals surface area contributed by atoms with Gasteiger partial charge in [-0.25, -0.2) is 0 Å². The molecule has 0 saturated heterocycles. The van der Waals surface area contributed by atoms with Crippen molar-refractivity contribution in [1.29, 1.82) is 0 Å². The van der Waals surface area contributed by atoms with Crippen LogP contribution in [0.4, 0.5) is 5.69 Å². The molecule has 1 aromatic rings. The largest absolute Gasteiger partial charge is 0.493 e. The van der Waals surface area contributed by atoms with Gasteiger partial charge in [-0.05, 0) is 12.8 Å². The van der Waals surface area contributed by atoms with E-state index in [1.54, 1.807) is 21.3 Å². The second kappa shape index (κ2) is 8.50. The fourth-order valence-corrected chi connectivity index (χ4v) is 2.87. The molecular formula is C17H26N2O4. The first-order valence-corrected chi connectivity index (χ1v) is 8.01. The highest BCUT2D eigenvalue weighted by atomic mass is 16.5. The Morgan fingerprint density at radius 1 is 1.09 bits per heavy atom. The lowest BCUT2D eigenvalue weighted by molar-refractivity contribution is -0.121. The van der Waals surface area contributed by atoms with Crippen LogP contribution in [0.15, 0.2) is 12.1 Å². The molecule has 0 unspecified atom stereocenters. The molecule has 1 amide bonds. The molecule has 1 fully saturated rings. The minimum Gasteiger partial charge on any atom is -0.493 e. The number of carbonyl (C=O) groups is 1. The molecule has 1 aliphatic rings. The van der Waals surface area contributed by atoms with Gasteiger partial charge in [0.15, 0.2) is 11.5 Å². The Balaban J connectivity index is 1.88. The fraction of sp³-hybridized carbons (Fsp3) is 0.588. The van der Waals surface area contributed by atoms with Crippen LogP contribution in [0.3, 0.4) is 0 Å². The van der Waals surface area contributed by atoms with Crippen LogP contribution >= 0.6 is 0 Å². The molecule has 6 nitrogen and oxygen atoms in total. The van der Waals surface area contributed by atoms with Crippen molar-refractivity contribution in [2.75, 3.05) is 33.2 Å². The molecule has 1 aromatic carbocycles. The van der Waals surface area contributed by atoms with Gasteiger partial charge in [0.2, 0.25) is 11.7 Å². The van der Waals surface area contributed by atoms with E-state index in [1.807, 2.05) is 12.1 Å². The molecule has 0 aromatic heterocycles. The predicted octanol–water partition coefficient (Wildman–Crippen LogP) is 2.57. The van der Waals surface area contributed by atoms with Crippen LogP contribution in [-0.4, -0.2) is 39.8 Å². The SMILES string of the molecule is COc1cc(NCCC(=O)NC2CCCC2)cc(OC)c1OC. The summed E-state index contributed by atoms with van der Waals surface area (Å²) in [5, 5.41) is 6.30. The highest BCUT2D eigenvalue weighted by molar-refractivity contribution is 5.77. The number of rotatable bonds is 8. The number of benzene rings is 1. The van der Waals surface area contributed by atoms with Gasteiger partial charge in [-0.2, -0.15) is 0 Å². The molecule has 2 N–H and O–H groups in total. The van der Waals surface area contributed by atoms with Gasteiger partial charge in [0.05, 0.1) is 21.3 Å². The lowest BCUT2D eigenvalue weighted by Gasteiger charge is -2.15. The molecule has 6 heteroatoms. The minimum absolute atomic E-state index is 0.0943. The Morgan fingerprint density at radius 2 is 1.70 bits per heavy atom. The number of hydrogen-bond donors (Lipinski definition) is 2. The van der Waals surface area contributed by atoms with Crippen LogP contribution in [0.2, 0.25) is 0 Å². The summed E-state index contributed by atoms with van der Waals surface area (Å²) in [6.07, 6.45) is 5.08. The maximum atomic E-state index is 11.9. The molecule has 0 heterocycles. The molecule has 0 aliphatic heterocycles. The third kappa shape index (κ3) is 4.68. The Hall–Kier alpha value is -2.11. The van der Waals surface area contributed by atoms with Crippen LogP contribution in [0.25, 0.3) is 0 Å². The van der Waals surface area contributed by atoms with Crippen molar-refractivity contribution in [2.24, 2.45) is 0 Å². The van der Waals surface area contributed by atoms with Crippen molar-refractivity contribution in [1.82, 2.24) is 5.32 Å². The number of anilines is 1. The summed E-state index contributed by atoms with van der Waals surface area (Å²) < 4.78 is 15.9. The lowest BCUT2D eigenvalue weighted by Crippen LogP contribution is -2.33. The quantitative estimate of drug-likeness (QED) is 0.770. The van der Waals surface area contributed by atoms with E-state index >= 15 is 0 Å². The van der Waals surface area contributed by atoms with E-state index in [2.05, 4.69) is 10.6 Å². The van der Waals surface area contributed by atoms with E-state index < -0.39 is 0 Å². The standard InChI is InChI=1S/C17H26N2O4/c1-21-14-10-13(11-15(22-2)17(14)23-3)18-9-8-16(20)19-12-6-4-5-7-12/h10-12,18H,4-9H2,1-3H3,(H,19,20). The maximum absolute atomic E-state index is 11.9. The van der Waals surface area contributed by atoms with E-state index in [9.17, 15) is 4.79 Å². The van der Waals surface area contributed by atoms with E-state index in [4.69, 9.17) is 14.2 Å². The molecule has 0 spiro atoms. The monoisotopic (exact) mass is 322 g/mol. The fourth-order valence-electron chi connectivity index (χ4n) is 2.87. The summed E-state index contributed by atoms with van der Waals surface area (Å²) in [4.78, 5) is 11.9. The third-order valence-electron chi connectivity index (χ3n) is 4.07. The van der Waals surface area contributed by atoms with Crippen molar-refractivity contribution in [3.8, 4) is 17.2 Å². The van der Waals surface area contributed by atoms with Gasteiger partial charge in [-0.3, -0.25) is 4.79 Å². The molecule has 23 heavy (non-hydrogen) atoms. The summed E-state index contributed by atoms with van der Waals surface area (Å²) in [5.74, 6) is 1.82. The Labute approximate surface area is 137 Å². The zero-order valence-electron chi connectivity index (χ0n) is 14.1. The summed E-state index contributed by atoms with van der Waals surface area (Å²) in [6, 6.07) is 4.02. The summed E-state index contributed by atoms with van der Waals surface area (Å²) in [5.41, 5.74) is 0.827. The first-order chi connectivity index (χ1) is 11.2. The van der Waals surface area contributed by atoms with Crippen molar-refractivity contribution >= 4 is 11.6 Å². The number of nitrogens with one attached hydrogen (secondary N) is 2. The van der Waals surface area contributed by atoms with Gasteiger partial charge in [0.25, 0.3) is 0 Å². The van der Waals surface area contributed by atoms with Crippen LogP contribution in [0, 0.1) is 0 Å². The van der Waals surface area contributed by atoms with E-state index in [1.165, 1.54) is 12.8 Å². The van der Waals surface area contributed by atoms with Gasteiger partial charge < -0.3 is 24.8 Å². The normalized spacial score (nSPS) is 14.4.